The van der Waals surface area contributed by atoms with Crippen LogP contribution in [0.5, 0.6) is 11.6 Å². The number of thioether (sulfide) groups is 1. The molecular formula is C19H13F3N4OS. The summed E-state index contributed by atoms with van der Waals surface area (Å²) in [5.74, 6) is 0.185. The molecule has 2 heterocycles. The van der Waals surface area contributed by atoms with Gasteiger partial charge in [0.2, 0.25) is 5.88 Å². The Kier molecular flexibility index (Phi) is 4.68. The predicted molar refractivity (Wildman–Crippen MR) is 100.0 cm³/mol. The van der Waals surface area contributed by atoms with Crippen LogP contribution in [0.15, 0.2) is 66.0 Å². The number of hydrogen-bond donors (Lipinski definition) is 0. The minimum absolute atomic E-state index is 0.0364. The molecule has 0 saturated carbocycles. The fourth-order valence-corrected chi connectivity index (χ4v) is 2.99. The molecular weight excluding hydrogens is 389 g/mol. The van der Waals surface area contributed by atoms with Gasteiger partial charge in [0.15, 0.2) is 10.8 Å². The van der Waals surface area contributed by atoms with Crippen molar-refractivity contribution in [2.75, 3.05) is 6.26 Å². The van der Waals surface area contributed by atoms with Crippen LogP contribution in [0.1, 0.15) is 5.56 Å². The van der Waals surface area contributed by atoms with Crippen LogP contribution in [0, 0.1) is 0 Å². The van der Waals surface area contributed by atoms with Crippen LogP contribution in [0.4, 0.5) is 13.2 Å². The van der Waals surface area contributed by atoms with Crippen molar-refractivity contribution in [3.05, 3.63) is 66.4 Å². The zero-order valence-electron chi connectivity index (χ0n) is 14.5. The molecule has 2 aromatic carbocycles. The van der Waals surface area contributed by atoms with Crippen LogP contribution in [0.3, 0.4) is 0 Å². The molecule has 142 valence electrons. The molecule has 4 aromatic rings. The molecule has 0 N–H and O–H groups in total. The number of halogens is 3. The topological polar surface area (TPSA) is 52.8 Å². The SMILES string of the molecule is CSc1nc(Oc2cccc(C(F)(F)F)c2)c2cnn(-c3ccccc3)c2n1. The molecule has 0 spiro atoms. The highest BCUT2D eigenvalue weighted by molar-refractivity contribution is 7.98. The third-order valence-electron chi connectivity index (χ3n) is 3.93. The molecule has 0 amide bonds. The fourth-order valence-electron chi connectivity index (χ4n) is 2.64. The van der Waals surface area contributed by atoms with Gasteiger partial charge in [-0.05, 0) is 36.6 Å². The normalized spacial score (nSPS) is 11.7. The van der Waals surface area contributed by atoms with Crippen molar-refractivity contribution in [3.8, 4) is 17.3 Å². The number of alkyl halides is 3. The molecule has 0 unspecified atom stereocenters. The Morgan fingerprint density at radius 2 is 1.79 bits per heavy atom. The van der Waals surface area contributed by atoms with Crippen LogP contribution in [-0.2, 0) is 6.18 Å². The fraction of sp³-hybridized carbons (Fsp3) is 0.105. The maximum absolute atomic E-state index is 13.0. The summed E-state index contributed by atoms with van der Waals surface area (Å²) >= 11 is 1.30. The molecule has 0 aliphatic carbocycles. The molecule has 28 heavy (non-hydrogen) atoms. The predicted octanol–water partition coefficient (Wildman–Crippen LogP) is 5.35. The summed E-state index contributed by atoms with van der Waals surface area (Å²) in [7, 11) is 0. The van der Waals surface area contributed by atoms with Crippen molar-refractivity contribution in [3.63, 3.8) is 0 Å². The summed E-state index contributed by atoms with van der Waals surface area (Å²) in [6, 6.07) is 14.1. The van der Waals surface area contributed by atoms with Gasteiger partial charge in [-0.25, -0.2) is 9.67 Å². The number of para-hydroxylation sites is 1. The number of rotatable bonds is 4. The monoisotopic (exact) mass is 402 g/mol. The maximum Gasteiger partial charge on any atom is 0.416 e. The first kappa shape index (κ1) is 18.3. The largest absolute Gasteiger partial charge is 0.438 e. The first-order valence-corrected chi connectivity index (χ1v) is 9.38. The van der Waals surface area contributed by atoms with E-state index in [-0.39, 0.29) is 11.6 Å². The lowest BCUT2D eigenvalue weighted by molar-refractivity contribution is -0.137. The summed E-state index contributed by atoms with van der Waals surface area (Å²) in [5.41, 5.74) is 0.515. The average Bonchev–Trinajstić information content (AvgIpc) is 3.12. The van der Waals surface area contributed by atoms with E-state index in [0.717, 1.165) is 17.8 Å². The number of nitrogens with zero attached hydrogens (tertiary/aromatic N) is 4. The smallest absolute Gasteiger partial charge is 0.416 e. The Hall–Kier alpha value is -3.07. The van der Waals surface area contributed by atoms with Crippen molar-refractivity contribution in [2.24, 2.45) is 0 Å². The van der Waals surface area contributed by atoms with E-state index in [9.17, 15) is 13.2 Å². The van der Waals surface area contributed by atoms with Gasteiger partial charge in [0, 0.05) is 0 Å². The molecule has 0 bridgehead atoms. The first-order chi connectivity index (χ1) is 13.5. The van der Waals surface area contributed by atoms with E-state index in [1.54, 1.807) is 10.9 Å². The zero-order valence-corrected chi connectivity index (χ0v) is 15.3. The minimum atomic E-state index is -4.46. The highest BCUT2D eigenvalue weighted by Gasteiger charge is 2.30. The number of fused-ring (bicyclic) bond motifs is 1. The lowest BCUT2D eigenvalue weighted by atomic mass is 10.2. The molecule has 0 aliphatic rings. The molecule has 5 nitrogen and oxygen atoms in total. The second-order valence-corrected chi connectivity index (χ2v) is 6.55. The maximum atomic E-state index is 13.0. The highest BCUT2D eigenvalue weighted by atomic mass is 32.2. The van der Waals surface area contributed by atoms with Gasteiger partial charge in [-0.1, -0.05) is 36.0 Å². The Bertz CT molecular complexity index is 1130. The summed E-state index contributed by atoms with van der Waals surface area (Å²) < 4.78 is 46.3. The van der Waals surface area contributed by atoms with Gasteiger partial charge >= 0.3 is 6.18 Å². The van der Waals surface area contributed by atoms with E-state index < -0.39 is 11.7 Å². The van der Waals surface area contributed by atoms with Crippen molar-refractivity contribution in [2.45, 2.75) is 11.3 Å². The third kappa shape index (κ3) is 3.53. The van der Waals surface area contributed by atoms with Gasteiger partial charge in [0.25, 0.3) is 0 Å². The van der Waals surface area contributed by atoms with Gasteiger partial charge in [0.1, 0.15) is 11.1 Å². The van der Waals surface area contributed by atoms with Crippen LogP contribution >= 0.6 is 11.8 Å². The Morgan fingerprint density at radius 1 is 1.00 bits per heavy atom. The van der Waals surface area contributed by atoms with E-state index in [1.807, 2.05) is 30.3 Å². The van der Waals surface area contributed by atoms with Crippen LogP contribution < -0.4 is 4.74 Å². The summed E-state index contributed by atoms with van der Waals surface area (Å²) in [6.45, 7) is 0. The van der Waals surface area contributed by atoms with E-state index in [0.29, 0.717) is 16.2 Å². The first-order valence-electron chi connectivity index (χ1n) is 8.16. The molecule has 0 aliphatic heterocycles. The van der Waals surface area contributed by atoms with E-state index in [1.165, 1.54) is 30.1 Å². The second-order valence-electron chi connectivity index (χ2n) is 5.77. The highest BCUT2D eigenvalue weighted by Crippen LogP contribution is 2.34. The van der Waals surface area contributed by atoms with Crippen LogP contribution in [-0.4, -0.2) is 26.0 Å². The summed E-state index contributed by atoms with van der Waals surface area (Å²) in [5, 5.41) is 5.27. The summed E-state index contributed by atoms with van der Waals surface area (Å²) in [4.78, 5) is 8.79. The average molecular weight is 402 g/mol. The molecule has 0 radical (unpaired) electrons. The van der Waals surface area contributed by atoms with Crippen LogP contribution in [0.2, 0.25) is 0 Å². The van der Waals surface area contributed by atoms with Crippen molar-refractivity contribution >= 4 is 22.8 Å². The Labute approximate surface area is 162 Å². The lowest BCUT2D eigenvalue weighted by Crippen LogP contribution is -2.04. The van der Waals surface area contributed by atoms with Crippen molar-refractivity contribution < 1.29 is 17.9 Å². The number of hydrogen-bond acceptors (Lipinski definition) is 5. The molecule has 0 fully saturated rings. The van der Waals surface area contributed by atoms with E-state index >= 15 is 0 Å². The number of aromatic nitrogens is 4. The zero-order chi connectivity index (χ0) is 19.7. The number of benzene rings is 2. The molecule has 0 atom stereocenters. The van der Waals surface area contributed by atoms with Crippen molar-refractivity contribution in [1.29, 1.82) is 0 Å². The van der Waals surface area contributed by atoms with E-state index in [2.05, 4.69) is 15.1 Å². The number of ether oxygens (including phenoxy) is 1. The molecule has 4 rings (SSSR count). The van der Waals surface area contributed by atoms with Crippen LogP contribution in [0.25, 0.3) is 16.7 Å². The van der Waals surface area contributed by atoms with Gasteiger partial charge in [0.05, 0.1) is 17.4 Å². The van der Waals surface area contributed by atoms with Crippen molar-refractivity contribution in [1.82, 2.24) is 19.7 Å². The standard InChI is InChI=1S/C19H13F3N4OS/c1-28-18-24-16-15(11-23-26(16)13-7-3-2-4-8-13)17(25-18)27-14-9-5-6-12(10-14)19(20,21)22/h2-11H,1H3. The quantitative estimate of drug-likeness (QED) is 0.340. The summed E-state index contributed by atoms with van der Waals surface area (Å²) in [6.07, 6.45) is -1.11. The molecule has 2 aromatic heterocycles. The molecule has 9 heteroatoms. The van der Waals surface area contributed by atoms with Gasteiger partial charge < -0.3 is 4.74 Å². The van der Waals surface area contributed by atoms with E-state index in [4.69, 9.17) is 4.74 Å². The Balaban J connectivity index is 1.81. The minimum Gasteiger partial charge on any atom is -0.438 e. The van der Waals surface area contributed by atoms with Gasteiger partial charge in [-0.15, -0.1) is 0 Å². The second kappa shape index (κ2) is 7.16. The Morgan fingerprint density at radius 3 is 2.50 bits per heavy atom. The molecule has 0 saturated heterocycles. The van der Waals surface area contributed by atoms with Gasteiger partial charge in [-0.2, -0.15) is 23.3 Å². The lowest BCUT2D eigenvalue weighted by Gasteiger charge is -2.11. The third-order valence-corrected chi connectivity index (χ3v) is 4.48. The van der Waals surface area contributed by atoms with Gasteiger partial charge in [-0.3, -0.25) is 0 Å².